The van der Waals surface area contributed by atoms with Crippen LogP contribution in [0.5, 0.6) is 11.5 Å². The van der Waals surface area contributed by atoms with E-state index in [0.29, 0.717) is 42.1 Å². The third kappa shape index (κ3) is 13.8. The molecule has 7 rings (SSSR count). The highest BCUT2D eigenvalue weighted by Crippen LogP contribution is 2.49. The van der Waals surface area contributed by atoms with Gasteiger partial charge in [0.15, 0.2) is 0 Å². The van der Waals surface area contributed by atoms with E-state index in [0.717, 1.165) is 35.1 Å². The topological polar surface area (TPSA) is 141 Å². The van der Waals surface area contributed by atoms with Crippen molar-refractivity contribution in [3.05, 3.63) is 142 Å². The molecule has 4 amide bonds. The Balaban J connectivity index is 1.03. The zero-order valence-corrected chi connectivity index (χ0v) is 46.9. The SMILES string of the molecule is [C-]#[N+]CCOP(O[C@@H]1C[C@@H](COC(c2ccccc2)(c2ccc(OC)cc2)c2ccc(OC)cc2)N(C(=O)CCC(=O)CCCC[C@@H]2SC[C@H]3[C@@H]2NC(=O)N3C(=O)c2ccc(C(C)(C)C)cc2)C1)N(C(C)C)C(C)C. The molecule has 6 atom stereocenters. The third-order valence-electron chi connectivity index (χ3n) is 14.4. The molecule has 3 saturated heterocycles. The standard InChI is InChI=1S/C59H76N5O9PS/c1-40(2)64(41(3)4)74(72-35-34-60-8)73-51-36-47(38-71-59(44-16-12-11-13-17-44,45-24-29-49(69-9)30-25-45)46-26-31-50(70-10)32-27-46)62(37-51)54(66)33-28-48(65)18-14-15-19-53-55-52(39-75-53)63(57(68)61-55)56(67)42-20-22-43(23-21-42)58(5,6)7/h11-13,16-17,20-27,29-32,40-41,47,51-53,55H,14-15,18-19,28,33-39H2,1-7,9-10H3,(H,61,68)/t47-,51+,52-,53-,55-,74?/m0/s1. The highest BCUT2D eigenvalue weighted by atomic mass is 32.2. The van der Waals surface area contributed by atoms with E-state index < -0.39 is 26.3 Å². The molecule has 75 heavy (non-hydrogen) atoms. The summed E-state index contributed by atoms with van der Waals surface area (Å²) in [5.74, 6) is 1.65. The predicted octanol–water partition coefficient (Wildman–Crippen LogP) is 11.2. The quantitative estimate of drug-likeness (QED) is 0.0223. The number of methoxy groups -OCH3 is 2. The van der Waals surface area contributed by atoms with E-state index in [4.69, 9.17) is 29.8 Å². The molecular weight excluding hydrogens is 986 g/mol. The van der Waals surface area contributed by atoms with Crippen molar-refractivity contribution in [3.63, 3.8) is 0 Å². The number of carbonyl (C=O) groups is 4. The molecule has 0 aliphatic carbocycles. The molecule has 4 aromatic carbocycles. The summed E-state index contributed by atoms with van der Waals surface area (Å²) in [5.41, 5.74) is 3.07. The fourth-order valence-electron chi connectivity index (χ4n) is 10.5. The van der Waals surface area contributed by atoms with Crippen LogP contribution < -0.4 is 14.8 Å². The summed E-state index contributed by atoms with van der Waals surface area (Å²) in [6, 6.07) is 32.3. The Bertz CT molecular complexity index is 2520. The summed E-state index contributed by atoms with van der Waals surface area (Å²) in [6.45, 7) is 23.0. The summed E-state index contributed by atoms with van der Waals surface area (Å²) < 4.78 is 33.9. The van der Waals surface area contributed by atoms with Gasteiger partial charge in [0.05, 0.1) is 45.1 Å². The van der Waals surface area contributed by atoms with Gasteiger partial charge in [-0.05, 0) is 111 Å². The number of hydrogen-bond donors (Lipinski definition) is 1. The van der Waals surface area contributed by atoms with E-state index in [1.807, 2.05) is 108 Å². The Hall–Kier alpha value is -5.33. The molecule has 4 aromatic rings. The van der Waals surface area contributed by atoms with E-state index in [2.05, 4.69) is 63.3 Å². The number of unbranched alkanes of at least 4 members (excludes halogenated alkanes) is 1. The van der Waals surface area contributed by atoms with Gasteiger partial charge in [-0.25, -0.2) is 16.0 Å². The number of likely N-dealkylation sites (tertiary alicyclic amines) is 1. The molecule has 0 saturated carbocycles. The Kier molecular flexibility index (Phi) is 20.0. The number of urea groups is 1. The first kappa shape index (κ1) is 57.4. The molecule has 0 spiro atoms. The first-order chi connectivity index (χ1) is 36.0. The fourth-order valence-corrected chi connectivity index (χ4v) is 13.8. The number of Topliss-reactive ketones (excluding diaryl/α,β-unsaturated/α-hetero) is 1. The largest absolute Gasteiger partial charge is 0.497 e. The van der Waals surface area contributed by atoms with E-state index >= 15 is 0 Å². The Morgan fingerprint density at radius 1 is 0.813 bits per heavy atom. The molecule has 0 bridgehead atoms. The number of benzene rings is 4. The molecule has 3 heterocycles. The molecule has 3 fully saturated rings. The first-order valence-corrected chi connectivity index (χ1v) is 28.5. The molecule has 1 N–H and O–H groups in total. The van der Waals surface area contributed by atoms with Crippen molar-refractivity contribution in [2.45, 2.75) is 146 Å². The van der Waals surface area contributed by atoms with Crippen LogP contribution in [0, 0.1) is 6.57 Å². The molecule has 3 aliphatic heterocycles. The summed E-state index contributed by atoms with van der Waals surface area (Å²) in [5, 5.41) is 3.22. The van der Waals surface area contributed by atoms with Crippen LogP contribution in [0.15, 0.2) is 103 Å². The fraction of sp³-hybridized carbons (Fsp3) is 0.508. The number of nitrogens with one attached hydrogen (secondary N) is 1. The van der Waals surface area contributed by atoms with Crippen molar-refractivity contribution in [3.8, 4) is 11.5 Å². The number of amides is 4. The Morgan fingerprint density at radius 3 is 1.99 bits per heavy atom. The lowest BCUT2D eigenvalue weighted by atomic mass is 9.80. The molecule has 1 unspecified atom stereocenters. The van der Waals surface area contributed by atoms with Gasteiger partial charge in [0, 0.05) is 54.5 Å². The van der Waals surface area contributed by atoms with E-state index in [1.54, 1.807) is 26.0 Å². The number of carbonyl (C=O) groups excluding carboxylic acids is 4. The van der Waals surface area contributed by atoms with Crippen molar-refractivity contribution in [2.75, 3.05) is 46.3 Å². The highest BCUT2D eigenvalue weighted by Gasteiger charge is 2.50. The lowest BCUT2D eigenvalue weighted by molar-refractivity contribution is -0.136. The lowest BCUT2D eigenvalue weighted by Gasteiger charge is -2.38. The van der Waals surface area contributed by atoms with Gasteiger partial charge in [-0.3, -0.25) is 19.3 Å². The van der Waals surface area contributed by atoms with Crippen molar-refractivity contribution < 1.29 is 42.4 Å². The number of fused-ring (bicyclic) bond motifs is 1. The van der Waals surface area contributed by atoms with Gasteiger partial charge in [0.1, 0.15) is 29.5 Å². The van der Waals surface area contributed by atoms with Crippen molar-refractivity contribution in [1.29, 1.82) is 0 Å². The summed E-state index contributed by atoms with van der Waals surface area (Å²) in [6.07, 6.45) is 2.77. The lowest BCUT2D eigenvalue weighted by Crippen LogP contribution is -2.42. The van der Waals surface area contributed by atoms with Crippen LogP contribution in [0.1, 0.15) is 126 Å². The molecule has 14 nitrogen and oxygen atoms in total. The minimum Gasteiger partial charge on any atom is -0.497 e. The monoisotopic (exact) mass is 1060 g/mol. The highest BCUT2D eigenvalue weighted by molar-refractivity contribution is 8.00. The third-order valence-corrected chi connectivity index (χ3v) is 18.1. The zero-order chi connectivity index (χ0) is 53.9. The minimum atomic E-state index is -1.59. The van der Waals surface area contributed by atoms with Crippen LogP contribution in [0.2, 0.25) is 0 Å². The Labute approximate surface area is 450 Å². The van der Waals surface area contributed by atoms with E-state index in [9.17, 15) is 19.2 Å². The van der Waals surface area contributed by atoms with Crippen LogP contribution in [0.4, 0.5) is 4.79 Å². The van der Waals surface area contributed by atoms with Crippen LogP contribution in [-0.2, 0) is 34.4 Å². The maximum atomic E-state index is 14.6. The number of ether oxygens (including phenoxy) is 3. The van der Waals surface area contributed by atoms with Crippen LogP contribution >= 0.6 is 20.3 Å². The second-order valence-corrected chi connectivity index (χ2v) is 23.9. The Morgan fingerprint density at radius 2 is 1.41 bits per heavy atom. The number of ketones is 1. The van der Waals surface area contributed by atoms with Crippen LogP contribution in [-0.4, -0.2) is 126 Å². The van der Waals surface area contributed by atoms with Gasteiger partial charge in [-0.15, -0.1) is 0 Å². The van der Waals surface area contributed by atoms with Gasteiger partial charge < -0.3 is 38.3 Å². The number of thioether (sulfide) groups is 1. The molecule has 402 valence electrons. The normalized spacial score (nSPS) is 20.1. The smallest absolute Gasteiger partial charge is 0.325 e. The minimum absolute atomic E-state index is 0.0202. The summed E-state index contributed by atoms with van der Waals surface area (Å²) in [4.78, 5) is 61.7. The molecular formula is C59H76N5O9PS. The first-order valence-electron chi connectivity index (χ1n) is 26.4. The average Bonchev–Trinajstić information content (AvgIpc) is 4.10. The number of nitrogens with zero attached hydrogens (tertiary/aromatic N) is 4. The number of hydrogen-bond acceptors (Lipinski definition) is 11. The molecule has 0 radical (unpaired) electrons. The maximum Gasteiger partial charge on any atom is 0.325 e. The molecule has 0 aromatic heterocycles. The van der Waals surface area contributed by atoms with E-state index in [-0.39, 0.29) is 97.6 Å². The molecule has 16 heteroatoms. The number of rotatable bonds is 25. The summed E-state index contributed by atoms with van der Waals surface area (Å²) >= 11 is 1.77. The van der Waals surface area contributed by atoms with Gasteiger partial charge in [-0.2, -0.15) is 11.8 Å². The van der Waals surface area contributed by atoms with Crippen molar-refractivity contribution >= 4 is 43.9 Å². The van der Waals surface area contributed by atoms with Gasteiger partial charge >= 0.3 is 6.03 Å². The van der Waals surface area contributed by atoms with Gasteiger partial charge in [0.2, 0.25) is 12.5 Å². The number of imide groups is 1. The van der Waals surface area contributed by atoms with Crippen LogP contribution in [0.3, 0.4) is 0 Å². The van der Waals surface area contributed by atoms with Gasteiger partial charge in [0.25, 0.3) is 14.4 Å². The molecule has 3 aliphatic rings. The van der Waals surface area contributed by atoms with Crippen molar-refractivity contribution in [2.24, 2.45) is 0 Å². The predicted molar refractivity (Wildman–Crippen MR) is 296 cm³/mol. The van der Waals surface area contributed by atoms with Crippen LogP contribution in [0.25, 0.3) is 4.85 Å². The second-order valence-electron chi connectivity index (χ2n) is 21.2. The van der Waals surface area contributed by atoms with E-state index in [1.165, 1.54) is 4.90 Å². The van der Waals surface area contributed by atoms with Crippen molar-refractivity contribution in [1.82, 2.24) is 19.8 Å². The zero-order valence-electron chi connectivity index (χ0n) is 45.2. The second kappa shape index (κ2) is 26.1. The maximum absolute atomic E-state index is 14.6. The summed E-state index contributed by atoms with van der Waals surface area (Å²) in [7, 11) is 1.68. The average molecular weight is 1060 g/mol. The van der Waals surface area contributed by atoms with Gasteiger partial charge in [-0.1, -0.05) is 93.9 Å².